The molecule has 0 spiro atoms. The van der Waals surface area contributed by atoms with Crippen LogP contribution in [0.2, 0.25) is 5.02 Å². The number of amides is 2. The fourth-order valence-electron chi connectivity index (χ4n) is 4.58. The number of halogens is 5. The van der Waals surface area contributed by atoms with Gasteiger partial charge in [-0.2, -0.15) is 0 Å². The lowest BCUT2D eigenvalue weighted by atomic mass is 9.78. The van der Waals surface area contributed by atoms with E-state index in [1.54, 1.807) is 31.2 Å². The Morgan fingerprint density at radius 2 is 1.58 bits per heavy atom. The van der Waals surface area contributed by atoms with Crippen LogP contribution >= 0.6 is 11.6 Å². The molecule has 7 nitrogen and oxygen atoms in total. The molecule has 2 amide bonds. The van der Waals surface area contributed by atoms with Crippen molar-refractivity contribution in [3.05, 3.63) is 94.3 Å². The van der Waals surface area contributed by atoms with Crippen molar-refractivity contribution in [2.45, 2.75) is 51.3 Å². The lowest BCUT2D eigenvalue weighted by Crippen LogP contribution is -2.28. The van der Waals surface area contributed by atoms with E-state index in [2.05, 4.69) is 15.4 Å². The quantitative estimate of drug-likeness (QED) is 0.153. The van der Waals surface area contributed by atoms with E-state index in [1.807, 2.05) is 6.92 Å². The van der Waals surface area contributed by atoms with Crippen molar-refractivity contribution in [2.75, 3.05) is 18.5 Å². The van der Waals surface area contributed by atoms with Gasteiger partial charge in [0.15, 0.2) is 0 Å². The van der Waals surface area contributed by atoms with Crippen molar-refractivity contribution >= 4 is 35.1 Å². The third kappa shape index (κ3) is 9.99. The second kappa shape index (κ2) is 15.4. The number of esters is 1. The number of anilines is 1. The van der Waals surface area contributed by atoms with Crippen LogP contribution in [0.25, 0.3) is 0 Å². The normalized spacial score (nSPS) is 12.6. The zero-order valence-electron chi connectivity index (χ0n) is 23.5. The summed E-state index contributed by atoms with van der Waals surface area (Å²) >= 11 is 5.84. The Labute approximate surface area is 251 Å². The standard InChI is InChI=1S/C31H31ClF4N2O5/c1-3-5-24(19-6-8-21(9-7-19)29(40)37-17-16-27(39)42-4-2)28(20-10-13-23(14-11-20)43-31(34,35)36)30(41)38-26-15-12-22(32)18-25(26)33/h6-15,18,24,28H,3-5,16-17H2,1-2H3,(H,37,40)(H,38,41)/t24?,28-/m1/s1. The minimum Gasteiger partial charge on any atom is -0.466 e. The van der Waals surface area contributed by atoms with Crippen LogP contribution in [0.3, 0.4) is 0 Å². The Kier molecular flexibility index (Phi) is 11.9. The zero-order chi connectivity index (χ0) is 31.6. The molecule has 3 aromatic carbocycles. The largest absolute Gasteiger partial charge is 0.573 e. The monoisotopic (exact) mass is 622 g/mol. The van der Waals surface area contributed by atoms with Crippen molar-refractivity contribution in [3.63, 3.8) is 0 Å². The number of carbonyl (C=O) groups is 3. The molecule has 3 rings (SSSR count). The average molecular weight is 623 g/mol. The van der Waals surface area contributed by atoms with Crippen molar-refractivity contribution in [2.24, 2.45) is 0 Å². The van der Waals surface area contributed by atoms with E-state index >= 15 is 0 Å². The Morgan fingerprint density at radius 1 is 0.930 bits per heavy atom. The minimum absolute atomic E-state index is 0.0219. The average Bonchev–Trinajstić information content (AvgIpc) is 2.94. The van der Waals surface area contributed by atoms with Gasteiger partial charge in [-0.1, -0.05) is 49.2 Å². The van der Waals surface area contributed by atoms with Crippen LogP contribution < -0.4 is 15.4 Å². The van der Waals surface area contributed by atoms with Crippen LogP contribution in [-0.4, -0.2) is 37.3 Å². The van der Waals surface area contributed by atoms with Crippen LogP contribution in [0, 0.1) is 5.82 Å². The molecular weight excluding hydrogens is 592 g/mol. The third-order valence-corrected chi connectivity index (χ3v) is 6.70. The van der Waals surface area contributed by atoms with E-state index in [9.17, 15) is 31.9 Å². The van der Waals surface area contributed by atoms with Gasteiger partial charge in [0.1, 0.15) is 11.6 Å². The highest BCUT2D eigenvalue weighted by Gasteiger charge is 2.33. The fraction of sp³-hybridized carbons (Fsp3) is 0.323. The van der Waals surface area contributed by atoms with Gasteiger partial charge in [0.05, 0.1) is 24.6 Å². The Hall–Kier alpha value is -4.12. The topological polar surface area (TPSA) is 93.7 Å². The number of hydrogen-bond acceptors (Lipinski definition) is 5. The first-order chi connectivity index (χ1) is 20.4. The first kappa shape index (κ1) is 33.4. The molecule has 0 radical (unpaired) electrons. The minimum atomic E-state index is -4.89. The SMILES string of the molecule is CCCC(c1ccc(C(=O)NCCC(=O)OCC)cc1)[C@H](C(=O)Nc1ccc(Cl)cc1F)c1ccc(OC(F)(F)F)cc1. The molecule has 0 aliphatic carbocycles. The number of nitrogens with one attached hydrogen (secondary N) is 2. The summed E-state index contributed by atoms with van der Waals surface area (Å²) in [5, 5.41) is 5.37. The van der Waals surface area contributed by atoms with Gasteiger partial charge in [0.25, 0.3) is 5.91 Å². The van der Waals surface area contributed by atoms with Crippen LogP contribution in [0.4, 0.5) is 23.2 Å². The molecule has 12 heteroatoms. The summed E-state index contributed by atoms with van der Waals surface area (Å²) in [6, 6.07) is 15.2. The molecule has 0 aliphatic heterocycles. The van der Waals surface area contributed by atoms with Crippen LogP contribution in [0.1, 0.15) is 66.4 Å². The molecule has 3 aromatic rings. The number of hydrogen-bond donors (Lipinski definition) is 2. The second-order valence-corrected chi connectivity index (χ2v) is 9.97. The molecular formula is C31H31ClF4N2O5. The highest BCUT2D eigenvalue weighted by Crippen LogP contribution is 2.39. The molecule has 0 saturated carbocycles. The number of rotatable bonds is 13. The molecule has 0 saturated heterocycles. The molecule has 0 bridgehead atoms. The smallest absolute Gasteiger partial charge is 0.466 e. The number of alkyl halides is 3. The number of ether oxygens (including phenoxy) is 2. The summed E-state index contributed by atoms with van der Waals surface area (Å²) < 4.78 is 61.6. The molecule has 2 atom stereocenters. The van der Waals surface area contributed by atoms with E-state index in [1.165, 1.54) is 24.3 Å². The van der Waals surface area contributed by atoms with Crippen molar-refractivity contribution in [3.8, 4) is 5.75 Å². The molecule has 0 aromatic heterocycles. The zero-order valence-corrected chi connectivity index (χ0v) is 24.2. The summed E-state index contributed by atoms with van der Waals surface area (Å²) in [7, 11) is 0. The van der Waals surface area contributed by atoms with Crippen LogP contribution in [0.5, 0.6) is 5.75 Å². The van der Waals surface area contributed by atoms with Crippen molar-refractivity contribution in [1.82, 2.24) is 5.32 Å². The van der Waals surface area contributed by atoms with E-state index in [-0.39, 0.29) is 30.3 Å². The highest BCUT2D eigenvalue weighted by molar-refractivity contribution is 6.30. The summed E-state index contributed by atoms with van der Waals surface area (Å²) in [5.74, 6) is -4.10. The second-order valence-electron chi connectivity index (χ2n) is 9.54. The van der Waals surface area contributed by atoms with Gasteiger partial charge >= 0.3 is 12.3 Å². The van der Waals surface area contributed by atoms with Gasteiger partial charge in [-0.15, -0.1) is 13.2 Å². The van der Waals surface area contributed by atoms with Gasteiger partial charge in [0.2, 0.25) is 5.91 Å². The molecule has 0 aliphatic rings. The van der Waals surface area contributed by atoms with Crippen molar-refractivity contribution in [1.29, 1.82) is 0 Å². The summed E-state index contributed by atoms with van der Waals surface area (Å²) in [5.41, 5.74) is 1.26. The van der Waals surface area contributed by atoms with Gasteiger partial charge < -0.3 is 20.1 Å². The first-order valence-corrected chi connectivity index (χ1v) is 13.9. The Balaban J connectivity index is 1.91. The van der Waals surface area contributed by atoms with Crippen LogP contribution in [0.15, 0.2) is 66.7 Å². The highest BCUT2D eigenvalue weighted by atomic mass is 35.5. The summed E-state index contributed by atoms with van der Waals surface area (Å²) in [4.78, 5) is 37.8. The molecule has 1 unspecified atom stereocenters. The predicted molar refractivity (Wildman–Crippen MR) is 154 cm³/mol. The maximum atomic E-state index is 14.6. The van der Waals surface area contributed by atoms with E-state index in [4.69, 9.17) is 16.3 Å². The molecule has 0 fully saturated rings. The van der Waals surface area contributed by atoms with Crippen LogP contribution in [-0.2, 0) is 14.3 Å². The van der Waals surface area contributed by atoms with Crippen molar-refractivity contribution < 1.29 is 41.4 Å². The van der Waals surface area contributed by atoms with E-state index in [0.29, 0.717) is 29.5 Å². The Bertz CT molecular complexity index is 1400. The van der Waals surface area contributed by atoms with Gasteiger partial charge in [-0.05, 0) is 72.9 Å². The number of carbonyl (C=O) groups excluding carboxylic acids is 3. The maximum absolute atomic E-state index is 14.6. The van der Waals surface area contributed by atoms with Gasteiger partial charge in [-0.25, -0.2) is 4.39 Å². The van der Waals surface area contributed by atoms with E-state index in [0.717, 1.165) is 18.2 Å². The molecule has 43 heavy (non-hydrogen) atoms. The summed E-state index contributed by atoms with van der Waals surface area (Å²) in [6.45, 7) is 3.93. The lowest BCUT2D eigenvalue weighted by Gasteiger charge is -2.28. The molecule has 230 valence electrons. The van der Waals surface area contributed by atoms with Gasteiger partial charge in [0, 0.05) is 17.1 Å². The fourth-order valence-corrected chi connectivity index (χ4v) is 4.74. The first-order valence-electron chi connectivity index (χ1n) is 13.6. The third-order valence-electron chi connectivity index (χ3n) is 6.47. The van der Waals surface area contributed by atoms with E-state index < -0.39 is 47.5 Å². The maximum Gasteiger partial charge on any atom is 0.573 e. The number of benzene rings is 3. The predicted octanol–water partition coefficient (Wildman–Crippen LogP) is 7.37. The lowest BCUT2D eigenvalue weighted by molar-refractivity contribution is -0.274. The summed E-state index contributed by atoms with van der Waals surface area (Å²) in [6.07, 6.45) is -3.75. The van der Waals surface area contributed by atoms with Gasteiger partial charge in [-0.3, -0.25) is 14.4 Å². The molecule has 0 heterocycles. The molecule has 2 N–H and O–H groups in total. The Morgan fingerprint density at radius 3 is 2.16 bits per heavy atom.